The number of rotatable bonds is 1. The minimum Gasteiger partial charge on any atom is -0.358 e. The monoisotopic (exact) mass is 196 g/mol. The summed E-state index contributed by atoms with van der Waals surface area (Å²) in [7, 11) is 0. The maximum absolute atomic E-state index is 11.3. The second-order valence-electron chi connectivity index (χ2n) is 3.15. The number of amides is 1. The fourth-order valence-electron chi connectivity index (χ4n) is 1.39. The molecule has 1 aromatic heterocycles. The smallest absolute Gasteiger partial charge is 0.358 e. The molecule has 0 aliphatic carbocycles. The fourth-order valence-corrected chi connectivity index (χ4v) is 1.39. The van der Waals surface area contributed by atoms with E-state index in [4.69, 9.17) is 0 Å². The molecule has 1 atom stereocenters. The number of nitrogens with zero attached hydrogens (tertiary/aromatic N) is 3. The van der Waals surface area contributed by atoms with Gasteiger partial charge < -0.3 is 15.4 Å². The van der Waals surface area contributed by atoms with Gasteiger partial charge in [0.2, 0.25) is 0 Å². The number of carbonyl (C=O) groups is 1. The summed E-state index contributed by atoms with van der Waals surface area (Å²) >= 11 is 0. The Labute approximate surface area is 78.9 Å². The molecule has 14 heavy (non-hydrogen) atoms. The van der Waals surface area contributed by atoms with E-state index in [-0.39, 0.29) is 23.5 Å². The number of aromatic nitrogens is 2. The van der Waals surface area contributed by atoms with E-state index in [2.05, 4.69) is 10.4 Å². The third-order valence-corrected chi connectivity index (χ3v) is 2.12. The molecular weight excluding hydrogens is 188 g/mol. The van der Waals surface area contributed by atoms with Crippen molar-refractivity contribution >= 4 is 11.7 Å². The molecule has 7 heteroatoms. The van der Waals surface area contributed by atoms with Crippen LogP contribution in [-0.4, -0.2) is 27.2 Å². The Balaban J connectivity index is 2.52. The van der Waals surface area contributed by atoms with Gasteiger partial charge in [-0.15, -0.1) is 0 Å². The highest BCUT2D eigenvalue weighted by molar-refractivity contribution is 5.93. The van der Waals surface area contributed by atoms with E-state index in [1.54, 1.807) is 0 Å². The van der Waals surface area contributed by atoms with Gasteiger partial charge in [-0.2, -0.15) is 4.68 Å². The topological polar surface area (TPSA) is 90.1 Å². The standard InChI is InChI=1S/C7H8N4O3/c1-4-3-8-7(12)5-2-6(11(13)14)9-10(4)5/h2,4H,3H2,1H3,(H,8,12). The zero-order chi connectivity index (χ0) is 10.3. The lowest BCUT2D eigenvalue weighted by Crippen LogP contribution is -2.38. The first-order valence-electron chi connectivity index (χ1n) is 4.11. The largest absolute Gasteiger partial charge is 0.390 e. The van der Waals surface area contributed by atoms with Crippen molar-refractivity contribution < 1.29 is 9.72 Å². The van der Waals surface area contributed by atoms with E-state index in [9.17, 15) is 14.9 Å². The first kappa shape index (κ1) is 8.67. The molecule has 1 N–H and O–H groups in total. The van der Waals surface area contributed by atoms with Crippen LogP contribution >= 0.6 is 0 Å². The van der Waals surface area contributed by atoms with Crippen LogP contribution in [0.2, 0.25) is 0 Å². The van der Waals surface area contributed by atoms with Crippen LogP contribution in [0.4, 0.5) is 5.82 Å². The van der Waals surface area contributed by atoms with Crippen molar-refractivity contribution in [1.82, 2.24) is 15.1 Å². The summed E-state index contributed by atoms with van der Waals surface area (Å²) in [6.07, 6.45) is 0. The second-order valence-corrected chi connectivity index (χ2v) is 3.15. The summed E-state index contributed by atoms with van der Waals surface area (Å²) in [5.41, 5.74) is 0.246. The Bertz CT molecular complexity index is 411. The van der Waals surface area contributed by atoms with Crippen molar-refractivity contribution in [3.63, 3.8) is 0 Å². The molecular formula is C7H8N4O3. The predicted octanol–water partition coefficient (Wildman–Crippen LogP) is 0.0957. The average molecular weight is 196 g/mol. The molecule has 0 spiro atoms. The van der Waals surface area contributed by atoms with Crippen LogP contribution in [-0.2, 0) is 0 Å². The van der Waals surface area contributed by atoms with Gasteiger partial charge >= 0.3 is 5.82 Å². The van der Waals surface area contributed by atoms with Gasteiger partial charge in [-0.1, -0.05) is 0 Å². The third kappa shape index (κ3) is 1.13. The Kier molecular flexibility index (Phi) is 1.73. The van der Waals surface area contributed by atoms with Gasteiger partial charge in [-0.3, -0.25) is 4.79 Å². The molecule has 1 unspecified atom stereocenters. The van der Waals surface area contributed by atoms with Crippen LogP contribution in [0.25, 0.3) is 0 Å². The first-order valence-corrected chi connectivity index (χ1v) is 4.11. The molecule has 1 aromatic rings. The summed E-state index contributed by atoms with van der Waals surface area (Å²) < 4.78 is 1.39. The maximum Gasteiger partial charge on any atom is 0.390 e. The average Bonchev–Trinajstić information content (AvgIpc) is 2.57. The van der Waals surface area contributed by atoms with E-state index in [0.29, 0.717) is 6.54 Å². The van der Waals surface area contributed by atoms with Crippen LogP contribution < -0.4 is 5.32 Å². The minimum absolute atomic E-state index is 0.0450. The number of hydrogen-bond acceptors (Lipinski definition) is 4. The highest BCUT2D eigenvalue weighted by Gasteiger charge is 2.29. The molecule has 74 valence electrons. The summed E-state index contributed by atoms with van der Waals surface area (Å²) in [5, 5.41) is 16.8. The molecule has 0 saturated carbocycles. The quantitative estimate of drug-likeness (QED) is 0.509. The van der Waals surface area contributed by atoms with Gasteiger partial charge in [0.1, 0.15) is 0 Å². The summed E-state index contributed by atoms with van der Waals surface area (Å²) in [6, 6.07) is 1.14. The van der Waals surface area contributed by atoms with Crippen LogP contribution in [0, 0.1) is 10.1 Å². The molecule has 0 radical (unpaired) electrons. The van der Waals surface area contributed by atoms with Crippen molar-refractivity contribution in [2.75, 3.05) is 6.54 Å². The lowest BCUT2D eigenvalue weighted by atomic mass is 10.2. The first-order chi connectivity index (χ1) is 6.59. The number of hydrogen-bond donors (Lipinski definition) is 1. The van der Waals surface area contributed by atoms with Gasteiger partial charge in [-0.05, 0) is 11.8 Å². The van der Waals surface area contributed by atoms with E-state index >= 15 is 0 Å². The minimum atomic E-state index is -0.606. The Morgan fingerprint density at radius 2 is 2.50 bits per heavy atom. The summed E-state index contributed by atoms with van der Waals surface area (Å²) in [6.45, 7) is 2.28. The van der Waals surface area contributed by atoms with Crippen molar-refractivity contribution in [2.24, 2.45) is 0 Å². The number of carbonyl (C=O) groups excluding carboxylic acids is 1. The number of nitro groups is 1. The van der Waals surface area contributed by atoms with Gasteiger partial charge in [-0.25, -0.2) is 0 Å². The Morgan fingerprint density at radius 3 is 3.07 bits per heavy atom. The van der Waals surface area contributed by atoms with Gasteiger partial charge in [0.25, 0.3) is 5.91 Å². The molecule has 1 aliphatic heterocycles. The second kappa shape index (κ2) is 2.79. The molecule has 0 bridgehead atoms. The Hall–Kier alpha value is -1.92. The molecule has 0 aromatic carbocycles. The summed E-state index contributed by atoms with van der Waals surface area (Å²) in [4.78, 5) is 21.1. The zero-order valence-electron chi connectivity index (χ0n) is 7.43. The van der Waals surface area contributed by atoms with Crippen LogP contribution in [0.5, 0.6) is 0 Å². The van der Waals surface area contributed by atoms with E-state index < -0.39 is 4.92 Å². The highest BCUT2D eigenvalue weighted by Crippen LogP contribution is 2.19. The summed E-state index contributed by atoms with van der Waals surface area (Å²) in [5.74, 6) is -0.604. The number of nitrogens with one attached hydrogen (secondary N) is 1. The van der Waals surface area contributed by atoms with Crippen molar-refractivity contribution in [1.29, 1.82) is 0 Å². The molecule has 0 saturated heterocycles. The molecule has 1 amide bonds. The lowest BCUT2D eigenvalue weighted by Gasteiger charge is -2.17. The van der Waals surface area contributed by atoms with Gasteiger partial charge in [0.15, 0.2) is 5.69 Å². The normalized spacial score (nSPS) is 20.1. The van der Waals surface area contributed by atoms with Crippen molar-refractivity contribution in [3.05, 3.63) is 21.9 Å². The van der Waals surface area contributed by atoms with E-state index in [1.807, 2.05) is 6.92 Å². The maximum atomic E-state index is 11.3. The zero-order valence-corrected chi connectivity index (χ0v) is 7.43. The Morgan fingerprint density at radius 1 is 1.79 bits per heavy atom. The van der Waals surface area contributed by atoms with Gasteiger partial charge in [0, 0.05) is 6.54 Å². The SMILES string of the molecule is CC1CNC(=O)c2cc([N+](=O)[O-])nn21. The van der Waals surface area contributed by atoms with Crippen LogP contribution in [0.1, 0.15) is 23.5 Å². The predicted molar refractivity (Wildman–Crippen MR) is 45.9 cm³/mol. The molecule has 1 aliphatic rings. The number of fused-ring (bicyclic) bond motifs is 1. The molecule has 0 fully saturated rings. The van der Waals surface area contributed by atoms with E-state index in [0.717, 1.165) is 0 Å². The molecule has 7 nitrogen and oxygen atoms in total. The molecule has 2 rings (SSSR count). The highest BCUT2D eigenvalue weighted by atomic mass is 16.6. The molecule has 2 heterocycles. The lowest BCUT2D eigenvalue weighted by molar-refractivity contribution is -0.389. The van der Waals surface area contributed by atoms with Crippen LogP contribution in [0.15, 0.2) is 6.07 Å². The van der Waals surface area contributed by atoms with E-state index in [1.165, 1.54) is 10.7 Å². The fraction of sp³-hybridized carbons (Fsp3) is 0.429. The van der Waals surface area contributed by atoms with Crippen molar-refractivity contribution in [2.45, 2.75) is 13.0 Å². The van der Waals surface area contributed by atoms with Crippen LogP contribution in [0.3, 0.4) is 0 Å². The van der Waals surface area contributed by atoms with Crippen molar-refractivity contribution in [3.8, 4) is 0 Å². The third-order valence-electron chi connectivity index (χ3n) is 2.12. The van der Waals surface area contributed by atoms with Gasteiger partial charge in [0.05, 0.1) is 17.2 Å².